The highest BCUT2D eigenvalue weighted by Gasteiger charge is 2.16. The molecule has 1 atom stereocenters. The van der Waals surface area contributed by atoms with E-state index in [1.165, 1.54) is 6.07 Å². The van der Waals surface area contributed by atoms with E-state index < -0.39 is 17.7 Å². The number of benzene rings is 2. The first kappa shape index (κ1) is 13.2. The first-order valence-corrected chi connectivity index (χ1v) is 6.18. The van der Waals surface area contributed by atoms with E-state index in [-0.39, 0.29) is 0 Å². The molecule has 0 radical (unpaired) electrons. The number of hydrogen-bond donors (Lipinski definition) is 1. The van der Waals surface area contributed by atoms with Gasteiger partial charge in [-0.2, -0.15) is 0 Å². The van der Waals surface area contributed by atoms with Gasteiger partial charge in [0.05, 0.1) is 0 Å². The van der Waals surface area contributed by atoms with Gasteiger partial charge < -0.3 is 5.11 Å². The minimum Gasteiger partial charge on any atom is -0.384 e. The number of aliphatic hydroxyl groups is 1. The molecule has 1 N–H and O–H groups in total. The van der Waals surface area contributed by atoms with Gasteiger partial charge in [0.1, 0.15) is 6.10 Å². The van der Waals surface area contributed by atoms with Gasteiger partial charge in [0.25, 0.3) is 0 Å². The SMILES string of the molecule is Cc1cccc(C(O)c2ccc(F)c(F)c2)c1Br. The predicted octanol–water partition coefficient (Wildman–Crippen LogP) is 4.12. The maximum atomic E-state index is 13.1. The van der Waals surface area contributed by atoms with Crippen molar-refractivity contribution in [1.29, 1.82) is 0 Å². The van der Waals surface area contributed by atoms with Gasteiger partial charge in [-0.25, -0.2) is 8.78 Å². The van der Waals surface area contributed by atoms with Crippen molar-refractivity contribution in [1.82, 2.24) is 0 Å². The lowest BCUT2D eigenvalue weighted by atomic mass is 10.00. The normalized spacial score (nSPS) is 12.5. The highest BCUT2D eigenvalue weighted by molar-refractivity contribution is 9.10. The Morgan fingerprint density at radius 3 is 2.50 bits per heavy atom. The first-order chi connectivity index (χ1) is 8.50. The van der Waals surface area contributed by atoms with Crippen LogP contribution in [0.3, 0.4) is 0 Å². The van der Waals surface area contributed by atoms with Crippen LogP contribution in [0.1, 0.15) is 22.8 Å². The zero-order valence-electron chi connectivity index (χ0n) is 9.62. The summed E-state index contributed by atoms with van der Waals surface area (Å²) in [7, 11) is 0. The smallest absolute Gasteiger partial charge is 0.159 e. The van der Waals surface area contributed by atoms with E-state index in [1.807, 2.05) is 13.0 Å². The third-order valence-electron chi connectivity index (χ3n) is 2.78. The summed E-state index contributed by atoms with van der Waals surface area (Å²) in [5, 5.41) is 10.2. The van der Waals surface area contributed by atoms with Gasteiger partial charge >= 0.3 is 0 Å². The van der Waals surface area contributed by atoms with Gasteiger partial charge in [-0.05, 0) is 35.7 Å². The zero-order valence-corrected chi connectivity index (χ0v) is 11.2. The highest BCUT2D eigenvalue weighted by atomic mass is 79.9. The zero-order chi connectivity index (χ0) is 13.3. The Morgan fingerprint density at radius 1 is 1.11 bits per heavy atom. The second kappa shape index (κ2) is 5.16. The van der Waals surface area contributed by atoms with Crippen LogP contribution in [-0.2, 0) is 0 Å². The van der Waals surface area contributed by atoms with Gasteiger partial charge in [0.15, 0.2) is 11.6 Å². The molecule has 2 aromatic rings. The van der Waals surface area contributed by atoms with Crippen LogP contribution in [-0.4, -0.2) is 5.11 Å². The summed E-state index contributed by atoms with van der Waals surface area (Å²) >= 11 is 3.38. The van der Waals surface area contributed by atoms with Crippen molar-refractivity contribution in [3.8, 4) is 0 Å². The number of aryl methyl sites for hydroxylation is 1. The first-order valence-electron chi connectivity index (χ1n) is 5.38. The summed E-state index contributed by atoms with van der Waals surface area (Å²) in [5.74, 6) is -1.88. The molecule has 0 amide bonds. The second-order valence-electron chi connectivity index (χ2n) is 4.05. The van der Waals surface area contributed by atoms with Crippen molar-refractivity contribution < 1.29 is 13.9 Å². The predicted molar refractivity (Wildman–Crippen MR) is 69.3 cm³/mol. The molecule has 2 rings (SSSR count). The molecule has 0 fully saturated rings. The molecule has 0 heterocycles. The molecule has 1 nitrogen and oxygen atoms in total. The fourth-order valence-electron chi connectivity index (χ4n) is 1.74. The summed E-state index contributed by atoms with van der Waals surface area (Å²) in [6.07, 6.45) is -0.991. The Morgan fingerprint density at radius 2 is 1.83 bits per heavy atom. The fraction of sp³-hybridized carbons (Fsp3) is 0.143. The quantitative estimate of drug-likeness (QED) is 0.884. The lowest BCUT2D eigenvalue weighted by Gasteiger charge is -2.14. The van der Waals surface area contributed by atoms with E-state index in [0.717, 1.165) is 22.2 Å². The van der Waals surface area contributed by atoms with E-state index in [4.69, 9.17) is 0 Å². The molecule has 0 bridgehead atoms. The van der Waals surface area contributed by atoms with E-state index >= 15 is 0 Å². The molecular formula is C14H11BrF2O. The van der Waals surface area contributed by atoms with Crippen LogP contribution >= 0.6 is 15.9 Å². The lowest BCUT2D eigenvalue weighted by molar-refractivity contribution is 0.218. The Hall–Kier alpha value is -1.26. The summed E-state index contributed by atoms with van der Waals surface area (Å²) in [6, 6.07) is 8.83. The van der Waals surface area contributed by atoms with E-state index in [9.17, 15) is 13.9 Å². The minimum atomic E-state index is -0.991. The van der Waals surface area contributed by atoms with Crippen molar-refractivity contribution in [2.45, 2.75) is 13.0 Å². The Labute approximate surface area is 112 Å². The topological polar surface area (TPSA) is 20.2 Å². The molecule has 4 heteroatoms. The maximum Gasteiger partial charge on any atom is 0.159 e. The lowest BCUT2D eigenvalue weighted by Crippen LogP contribution is -2.02. The largest absolute Gasteiger partial charge is 0.384 e. The van der Waals surface area contributed by atoms with E-state index in [2.05, 4.69) is 15.9 Å². The molecule has 0 aliphatic rings. The third-order valence-corrected chi connectivity index (χ3v) is 3.86. The van der Waals surface area contributed by atoms with Crippen molar-refractivity contribution in [2.75, 3.05) is 0 Å². The van der Waals surface area contributed by atoms with Crippen LogP contribution in [0.4, 0.5) is 8.78 Å². The van der Waals surface area contributed by atoms with Crippen LogP contribution in [0.5, 0.6) is 0 Å². The number of hydrogen-bond acceptors (Lipinski definition) is 1. The number of rotatable bonds is 2. The molecule has 0 saturated carbocycles. The summed E-state index contributed by atoms with van der Waals surface area (Å²) < 4.78 is 26.7. The van der Waals surface area contributed by atoms with Crippen LogP contribution in [0.2, 0.25) is 0 Å². The maximum absolute atomic E-state index is 13.1. The highest BCUT2D eigenvalue weighted by Crippen LogP contribution is 2.31. The molecular weight excluding hydrogens is 302 g/mol. The van der Waals surface area contributed by atoms with Crippen molar-refractivity contribution in [3.05, 3.63) is 69.2 Å². The number of aliphatic hydroxyl groups excluding tert-OH is 1. The summed E-state index contributed by atoms with van der Waals surface area (Å²) in [5.41, 5.74) is 1.91. The van der Waals surface area contributed by atoms with Gasteiger partial charge in [-0.1, -0.05) is 40.2 Å². The van der Waals surface area contributed by atoms with E-state index in [0.29, 0.717) is 11.1 Å². The Balaban J connectivity index is 2.44. The standard InChI is InChI=1S/C14H11BrF2O/c1-8-3-2-4-10(13(8)15)14(18)9-5-6-11(16)12(17)7-9/h2-7,14,18H,1H3. The van der Waals surface area contributed by atoms with Gasteiger partial charge in [-0.15, -0.1) is 0 Å². The molecule has 18 heavy (non-hydrogen) atoms. The van der Waals surface area contributed by atoms with Crippen LogP contribution < -0.4 is 0 Å². The molecule has 2 aromatic carbocycles. The molecule has 94 valence electrons. The summed E-state index contributed by atoms with van der Waals surface area (Å²) in [6.45, 7) is 1.89. The van der Waals surface area contributed by atoms with Gasteiger partial charge in [-0.3, -0.25) is 0 Å². The second-order valence-corrected chi connectivity index (χ2v) is 4.85. The van der Waals surface area contributed by atoms with Crippen LogP contribution in [0.15, 0.2) is 40.9 Å². The fourth-order valence-corrected chi connectivity index (χ4v) is 2.22. The van der Waals surface area contributed by atoms with Crippen molar-refractivity contribution in [2.24, 2.45) is 0 Å². The monoisotopic (exact) mass is 312 g/mol. The third kappa shape index (κ3) is 2.44. The number of halogens is 3. The average Bonchev–Trinajstić information content (AvgIpc) is 2.35. The Bertz CT molecular complexity index is 584. The van der Waals surface area contributed by atoms with Gasteiger partial charge in [0.2, 0.25) is 0 Å². The molecule has 0 spiro atoms. The molecule has 0 aliphatic carbocycles. The van der Waals surface area contributed by atoms with Crippen LogP contribution in [0.25, 0.3) is 0 Å². The summed E-state index contributed by atoms with van der Waals surface area (Å²) in [4.78, 5) is 0. The van der Waals surface area contributed by atoms with Crippen LogP contribution in [0, 0.1) is 18.6 Å². The van der Waals surface area contributed by atoms with Crippen molar-refractivity contribution in [3.63, 3.8) is 0 Å². The Kier molecular flexibility index (Phi) is 3.78. The van der Waals surface area contributed by atoms with E-state index in [1.54, 1.807) is 12.1 Å². The minimum absolute atomic E-state index is 0.320. The van der Waals surface area contributed by atoms with Crippen molar-refractivity contribution >= 4 is 15.9 Å². The average molecular weight is 313 g/mol. The molecule has 0 aromatic heterocycles. The van der Waals surface area contributed by atoms with Gasteiger partial charge in [0, 0.05) is 4.47 Å². The molecule has 0 saturated heterocycles. The molecule has 0 aliphatic heterocycles. The molecule has 1 unspecified atom stereocenters.